The van der Waals surface area contributed by atoms with Crippen molar-refractivity contribution in [3.63, 3.8) is 0 Å². The predicted octanol–water partition coefficient (Wildman–Crippen LogP) is 1.77. The molecule has 1 aromatic rings. The summed E-state index contributed by atoms with van der Waals surface area (Å²) in [6.45, 7) is 3.37. The van der Waals surface area contributed by atoms with Crippen molar-refractivity contribution in [2.75, 3.05) is 19.7 Å². The molecule has 0 aromatic heterocycles. The van der Waals surface area contributed by atoms with Crippen molar-refractivity contribution < 1.29 is 24.1 Å². The number of morpholine rings is 1. The lowest BCUT2D eigenvalue weighted by atomic mass is 10.0. The Kier molecular flexibility index (Phi) is 4.57. The highest BCUT2D eigenvalue weighted by atomic mass is 19.1. The number of aliphatic carboxylic acids is 1. The van der Waals surface area contributed by atoms with Crippen molar-refractivity contribution in [3.05, 3.63) is 29.6 Å². The Labute approximate surface area is 116 Å². The molecule has 0 amide bonds. The first kappa shape index (κ1) is 14.7. The van der Waals surface area contributed by atoms with E-state index in [4.69, 9.17) is 9.84 Å². The number of carboxylic acid groups (broad SMARTS) is 1. The molecule has 0 radical (unpaired) electrons. The number of aromatic hydroxyl groups is 1. The van der Waals surface area contributed by atoms with Crippen LogP contribution in [0, 0.1) is 5.82 Å². The van der Waals surface area contributed by atoms with Crippen molar-refractivity contribution in [1.29, 1.82) is 0 Å². The van der Waals surface area contributed by atoms with Crippen molar-refractivity contribution in [3.8, 4) is 5.75 Å². The summed E-state index contributed by atoms with van der Waals surface area (Å²) < 4.78 is 19.2. The van der Waals surface area contributed by atoms with Crippen LogP contribution < -0.4 is 0 Å². The van der Waals surface area contributed by atoms with E-state index in [9.17, 15) is 14.3 Å². The molecular formula is C14H18FNO4. The maximum atomic E-state index is 13.9. The molecule has 0 spiro atoms. The number of hydrogen-bond donors (Lipinski definition) is 2. The molecule has 1 aliphatic heterocycles. The topological polar surface area (TPSA) is 70.0 Å². The Hall–Kier alpha value is -1.66. The SMILES string of the molecule is CC(c1ccc(O)cc1F)N1CCOC(CC(=O)O)C1. The van der Waals surface area contributed by atoms with Crippen LogP contribution in [0.5, 0.6) is 5.75 Å². The van der Waals surface area contributed by atoms with Gasteiger partial charge in [-0.25, -0.2) is 4.39 Å². The average molecular weight is 283 g/mol. The number of phenols is 1. The highest BCUT2D eigenvalue weighted by Crippen LogP contribution is 2.27. The van der Waals surface area contributed by atoms with Gasteiger partial charge in [0.15, 0.2) is 0 Å². The van der Waals surface area contributed by atoms with E-state index in [1.54, 1.807) is 6.07 Å². The Morgan fingerprint density at radius 3 is 3.00 bits per heavy atom. The number of carboxylic acids is 1. The lowest BCUT2D eigenvalue weighted by Gasteiger charge is -2.36. The standard InChI is InChI=1S/C14H18FNO4/c1-9(12-3-2-10(17)6-13(12)15)16-4-5-20-11(8-16)7-14(18)19/h2-3,6,9,11,17H,4-5,7-8H2,1H3,(H,18,19). The molecule has 20 heavy (non-hydrogen) atoms. The average Bonchev–Trinajstić information content (AvgIpc) is 2.37. The lowest BCUT2D eigenvalue weighted by Crippen LogP contribution is -2.44. The van der Waals surface area contributed by atoms with E-state index in [0.29, 0.717) is 25.3 Å². The molecule has 2 atom stereocenters. The Morgan fingerprint density at radius 1 is 1.60 bits per heavy atom. The maximum absolute atomic E-state index is 13.9. The quantitative estimate of drug-likeness (QED) is 0.881. The smallest absolute Gasteiger partial charge is 0.306 e. The second-order valence-electron chi connectivity index (χ2n) is 4.97. The fourth-order valence-corrected chi connectivity index (χ4v) is 2.46. The summed E-state index contributed by atoms with van der Waals surface area (Å²) in [6.07, 6.45) is -0.426. The van der Waals surface area contributed by atoms with E-state index in [-0.39, 0.29) is 24.3 Å². The van der Waals surface area contributed by atoms with Gasteiger partial charge in [-0.05, 0) is 13.0 Å². The number of hydrogen-bond acceptors (Lipinski definition) is 4. The molecule has 1 saturated heterocycles. The van der Waals surface area contributed by atoms with Gasteiger partial charge in [0.25, 0.3) is 0 Å². The van der Waals surface area contributed by atoms with Gasteiger partial charge in [0, 0.05) is 30.8 Å². The largest absolute Gasteiger partial charge is 0.508 e. The van der Waals surface area contributed by atoms with Gasteiger partial charge in [0.1, 0.15) is 11.6 Å². The van der Waals surface area contributed by atoms with Crippen molar-refractivity contribution in [1.82, 2.24) is 4.90 Å². The van der Waals surface area contributed by atoms with Gasteiger partial charge in [0.05, 0.1) is 19.1 Å². The molecule has 6 heteroatoms. The fraction of sp³-hybridized carbons (Fsp3) is 0.500. The first-order valence-electron chi connectivity index (χ1n) is 6.53. The minimum Gasteiger partial charge on any atom is -0.508 e. The number of halogens is 1. The van der Waals surface area contributed by atoms with Crippen molar-refractivity contribution in [2.45, 2.75) is 25.5 Å². The fourth-order valence-electron chi connectivity index (χ4n) is 2.46. The van der Waals surface area contributed by atoms with Gasteiger partial charge in [-0.3, -0.25) is 9.69 Å². The van der Waals surface area contributed by atoms with Crippen LogP contribution in [0.25, 0.3) is 0 Å². The van der Waals surface area contributed by atoms with E-state index >= 15 is 0 Å². The maximum Gasteiger partial charge on any atom is 0.306 e. The van der Waals surface area contributed by atoms with Gasteiger partial charge < -0.3 is 14.9 Å². The molecule has 2 N–H and O–H groups in total. The van der Waals surface area contributed by atoms with E-state index in [0.717, 1.165) is 6.07 Å². The summed E-state index contributed by atoms with van der Waals surface area (Å²) >= 11 is 0. The van der Waals surface area contributed by atoms with Crippen LogP contribution in [-0.4, -0.2) is 46.9 Å². The third kappa shape index (κ3) is 3.46. The minimum atomic E-state index is -0.902. The molecule has 110 valence electrons. The normalized spacial score (nSPS) is 21.6. The molecule has 2 rings (SSSR count). The molecule has 0 saturated carbocycles. The predicted molar refractivity (Wildman–Crippen MR) is 70.0 cm³/mol. The van der Waals surface area contributed by atoms with Crippen LogP contribution >= 0.6 is 0 Å². The van der Waals surface area contributed by atoms with Gasteiger partial charge in [-0.1, -0.05) is 6.07 Å². The van der Waals surface area contributed by atoms with Gasteiger partial charge in [0.2, 0.25) is 0 Å². The van der Waals surface area contributed by atoms with Crippen LogP contribution in [0.4, 0.5) is 4.39 Å². The number of nitrogens with zero attached hydrogens (tertiary/aromatic N) is 1. The number of rotatable bonds is 4. The molecule has 1 aliphatic rings. The van der Waals surface area contributed by atoms with E-state index in [1.165, 1.54) is 6.07 Å². The van der Waals surface area contributed by atoms with Crippen molar-refractivity contribution in [2.24, 2.45) is 0 Å². The number of phenolic OH excluding ortho intramolecular Hbond substituents is 1. The van der Waals surface area contributed by atoms with E-state index in [1.807, 2.05) is 11.8 Å². The molecule has 5 nitrogen and oxygen atoms in total. The van der Waals surface area contributed by atoms with E-state index in [2.05, 4.69) is 0 Å². The molecule has 1 heterocycles. The number of carbonyl (C=O) groups is 1. The summed E-state index contributed by atoms with van der Waals surface area (Å²) in [4.78, 5) is 12.7. The summed E-state index contributed by atoms with van der Waals surface area (Å²) in [5.74, 6) is -1.47. The summed E-state index contributed by atoms with van der Waals surface area (Å²) in [6, 6.07) is 3.89. The van der Waals surface area contributed by atoms with Crippen molar-refractivity contribution >= 4 is 5.97 Å². The Bertz CT molecular complexity index is 494. The third-order valence-electron chi connectivity index (χ3n) is 3.55. The third-order valence-corrected chi connectivity index (χ3v) is 3.55. The zero-order chi connectivity index (χ0) is 14.7. The zero-order valence-electron chi connectivity index (χ0n) is 11.3. The summed E-state index contributed by atoms with van der Waals surface area (Å²) in [5, 5.41) is 18.0. The van der Waals surface area contributed by atoms with Crippen LogP contribution in [0.1, 0.15) is 24.9 Å². The lowest BCUT2D eigenvalue weighted by molar-refractivity contribution is -0.142. The van der Waals surface area contributed by atoms with Crippen LogP contribution in [0.3, 0.4) is 0 Å². The molecule has 1 fully saturated rings. The molecular weight excluding hydrogens is 265 g/mol. The Morgan fingerprint density at radius 2 is 2.35 bits per heavy atom. The Balaban J connectivity index is 2.08. The summed E-state index contributed by atoms with van der Waals surface area (Å²) in [5.41, 5.74) is 0.485. The van der Waals surface area contributed by atoms with Crippen LogP contribution in [0.2, 0.25) is 0 Å². The minimum absolute atomic E-state index is 0.0543. The monoisotopic (exact) mass is 283 g/mol. The molecule has 0 aliphatic carbocycles. The molecule has 1 aromatic carbocycles. The highest BCUT2D eigenvalue weighted by molar-refractivity contribution is 5.67. The second-order valence-corrected chi connectivity index (χ2v) is 4.97. The first-order chi connectivity index (χ1) is 9.47. The van der Waals surface area contributed by atoms with Crippen LogP contribution in [0.15, 0.2) is 18.2 Å². The van der Waals surface area contributed by atoms with Gasteiger partial charge in [-0.2, -0.15) is 0 Å². The second kappa shape index (κ2) is 6.19. The van der Waals surface area contributed by atoms with Gasteiger partial charge >= 0.3 is 5.97 Å². The highest BCUT2D eigenvalue weighted by Gasteiger charge is 2.27. The van der Waals surface area contributed by atoms with E-state index < -0.39 is 11.8 Å². The molecule has 0 bridgehead atoms. The van der Waals surface area contributed by atoms with Gasteiger partial charge in [-0.15, -0.1) is 0 Å². The first-order valence-corrected chi connectivity index (χ1v) is 6.53. The number of benzene rings is 1. The summed E-state index contributed by atoms with van der Waals surface area (Å²) in [7, 11) is 0. The number of ether oxygens (including phenoxy) is 1. The molecule has 2 unspecified atom stereocenters. The zero-order valence-corrected chi connectivity index (χ0v) is 11.3. The van der Waals surface area contributed by atoms with Crippen LogP contribution in [-0.2, 0) is 9.53 Å².